The first-order valence-corrected chi connectivity index (χ1v) is 10.9. The number of carbonyl (C=O) groups excluding carboxylic acids is 2. The van der Waals surface area contributed by atoms with Gasteiger partial charge in [0.1, 0.15) is 0 Å². The molecule has 0 aliphatic carbocycles. The van der Waals surface area contributed by atoms with Crippen LogP contribution < -0.4 is 10.6 Å². The van der Waals surface area contributed by atoms with Gasteiger partial charge in [-0.1, -0.05) is 13.0 Å². The van der Waals surface area contributed by atoms with Gasteiger partial charge < -0.3 is 15.5 Å². The number of fused-ring (bicyclic) bond motifs is 1. The van der Waals surface area contributed by atoms with Crippen LogP contribution in [-0.2, 0) is 24.3 Å². The minimum absolute atomic E-state index is 0.00167. The zero-order valence-corrected chi connectivity index (χ0v) is 17.5. The smallest absolute Gasteiger partial charge is 0.255 e. The molecule has 2 amide bonds. The number of amides is 2. The lowest BCUT2D eigenvalue weighted by Gasteiger charge is -2.30. The lowest BCUT2D eigenvalue weighted by atomic mass is 9.93. The number of likely N-dealkylation sites (tertiary alicyclic amines) is 1. The number of aromatic nitrogens is 3. The SMILES string of the molecule is CCN1CCC(CC(=O)N[C@H]2Cc3c(C(=O)NCc4cccnc4)cnn3C2)CC1. The quantitative estimate of drug-likeness (QED) is 0.719. The van der Waals surface area contributed by atoms with Crippen LogP contribution in [0, 0.1) is 5.92 Å². The average molecular weight is 411 g/mol. The van der Waals surface area contributed by atoms with Gasteiger partial charge in [-0.2, -0.15) is 5.10 Å². The first-order valence-electron chi connectivity index (χ1n) is 10.9. The molecule has 4 heterocycles. The summed E-state index contributed by atoms with van der Waals surface area (Å²) in [5, 5.41) is 10.4. The summed E-state index contributed by atoms with van der Waals surface area (Å²) in [4.78, 5) is 31.6. The van der Waals surface area contributed by atoms with Crippen molar-refractivity contribution < 1.29 is 9.59 Å². The summed E-state index contributed by atoms with van der Waals surface area (Å²) in [5.74, 6) is 0.443. The highest BCUT2D eigenvalue weighted by molar-refractivity contribution is 5.95. The van der Waals surface area contributed by atoms with Crippen LogP contribution in [0.4, 0.5) is 0 Å². The normalized spacial score (nSPS) is 19.4. The Morgan fingerprint density at radius 2 is 2.07 bits per heavy atom. The Balaban J connectivity index is 1.26. The molecule has 2 aliphatic heterocycles. The van der Waals surface area contributed by atoms with Crippen LogP contribution in [0.1, 0.15) is 47.8 Å². The summed E-state index contributed by atoms with van der Waals surface area (Å²) >= 11 is 0. The molecule has 2 aromatic rings. The van der Waals surface area contributed by atoms with Gasteiger partial charge in [0, 0.05) is 31.8 Å². The highest BCUT2D eigenvalue weighted by Gasteiger charge is 2.29. The van der Waals surface area contributed by atoms with E-state index in [2.05, 4.69) is 32.5 Å². The van der Waals surface area contributed by atoms with E-state index in [9.17, 15) is 9.59 Å². The molecular weight excluding hydrogens is 380 g/mol. The van der Waals surface area contributed by atoms with Crippen molar-refractivity contribution in [1.82, 2.24) is 30.3 Å². The molecule has 0 radical (unpaired) electrons. The molecular formula is C22H30N6O2. The first-order chi connectivity index (χ1) is 14.6. The maximum absolute atomic E-state index is 12.6. The summed E-state index contributed by atoms with van der Waals surface area (Å²) in [6.07, 6.45) is 8.47. The standard InChI is InChI=1S/C22H30N6O2/c1-2-27-8-5-16(6-9-27)10-21(29)26-18-11-20-19(14-25-28(20)15-18)22(30)24-13-17-4-3-7-23-12-17/h3-4,7,12,14,16,18H,2,5-6,8-11,13,15H2,1H3,(H,24,30)(H,26,29)/t18-/m0/s1. The molecule has 1 fully saturated rings. The number of carbonyl (C=O) groups is 2. The van der Waals surface area contributed by atoms with E-state index in [4.69, 9.17) is 0 Å². The second kappa shape index (κ2) is 9.38. The van der Waals surface area contributed by atoms with Crippen molar-refractivity contribution in [2.75, 3.05) is 19.6 Å². The molecule has 0 spiro atoms. The van der Waals surface area contributed by atoms with E-state index in [1.165, 1.54) is 0 Å². The predicted molar refractivity (Wildman–Crippen MR) is 113 cm³/mol. The Labute approximate surface area is 177 Å². The van der Waals surface area contributed by atoms with E-state index in [0.29, 0.717) is 37.4 Å². The summed E-state index contributed by atoms with van der Waals surface area (Å²) < 4.78 is 1.84. The van der Waals surface area contributed by atoms with Crippen LogP contribution in [0.2, 0.25) is 0 Å². The van der Waals surface area contributed by atoms with Crippen LogP contribution in [0.5, 0.6) is 0 Å². The Kier molecular flexibility index (Phi) is 6.42. The zero-order valence-electron chi connectivity index (χ0n) is 17.5. The fourth-order valence-corrected chi connectivity index (χ4v) is 4.41. The molecule has 160 valence electrons. The largest absolute Gasteiger partial charge is 0.351 e. The van der Waals surface area contributed by atoms with Gasteiger partial charge in [-0.15, -0.1) is 0 Å². The van der Waals surface area contributed by atoms with Gasteiger partial charge in [0.25, 0.3) is 5.91 Å². The number of hydrogen-bond acceptors (Lipinski definition) is 5. The summed E-state index contributed by atoms with van der Waals surface area (Å²) in [6.45, 7) is 6.49. The first kappa shape index (κ1) is 20.5. The van der Waals surface area contributed by atoms with E-state index in [1.807, 2.05) is 16.8 Å². The van der Waals surface area contributed by atoms with Crippen molar-refractivity contribution in [1.29, 1.82) is 0 Å². The van der Waals surface area contributed by atoms with Gasteiger partial charge in [0.05, 0.1) is 30.0 Å². The van der Waals surface area contributed by atoms with E-state index in [-0.39, 0.29) is 17.9 Å². The number of nitrogens with one attached hydrogen (secondary N) is 2. The monoisotopic (exact) mass is 410 g/mol. The fraction of sp³-hybridized carbons (Fsp3) is 0.545. The third-order valence-corrected chi connectivity index (χ3v) is 6.20. The van der Waals surface area contributed by atoms with Crippen molar-refractivity contribution in [2.45, 2.75) is 51.7 Å². The Hall–Kier alpha value is -2.74. The summed E-state index contributed by atoms with van der Waals surface area (Å²) in [6, 6.07) is 3.77. The molecule has 30 heavy (non-hydrogen) atoms. The van der Waals surface area contributed by atoms with Gasteiger partial charge in [-0.05, 0) is 50.0 Å². The van der Waals surface area contributed by atoms with Crippen molar-refractivity contribution in [3.8, 4) is 0 Å². The number of rotatable bonds is 7. The molecule has 2 aromatic heterocycles. The lowest BCUT2D eigenvalue weighted by Crippen LogP contribution is -2.39. The summed E-state index contributed by atoms with van der Waals surface area (Å²) in [7, 11) is 0. The Bertz CT molecular complexity index is 873. The third-order valence-electron chi connectivity index (χ3n) is 6.20. The second-order valence-corrected chi connectivity index (χ2v) is 8.28. The Morgan fingerprint density at radius 3 is 2.80 bits per heavy atom. The number of piperidine rings is 1. The van der Waals surface area contributed by atoms with E-state index in [1.54, 1.807) is 18.6 Å². The minimum Gasteiger partial charge on any atom is -0.351 e. The predicted octanol–water partition coefficient (Wildman–Crippen LogP) is 1.37. The number of pyridine rings is 1. The molecule has 0 aromatic carbocycles. The van der Waals surface area contributed by atoms with Gasteiger partial charge in [0.2, 0.25) is 5.91 Å². The van der Waals surface area contributed by atoms with E-state index >= 15 is 0 Å². The van der Waals surface area contributed by atoms with Crippen molar-refractivity contribution in [3.05, 3.63) is 47.5 Å². The highest BCUT2D eigenvalue weighted by Crippen LogP contribution is 2.22. The van der Waals surface area contributed by atoms with Crippen molar-refractivity contribution in [3.63, 3.8) is 0 Å². The van der Waals surface area contributed by atoms with E-state index < -0.39 is 0 Å². The molecule has 1 atom stereocenters. The molecule has 8 nitrogen and oxygen atoms in total. The fourth-order valence-electron chi connectivity index (χ4n) is 4.41. The molecule has 2 aliphatic rings. The second-order valence-electron chi connectivity index (χ2n) is 8.28. The van der Waals surface area contributed by atoms with Crippen LogP contribution in [0.15, 0.2) is 30.7 Å². The van der Waals surface area contributed by atoms with Crippen LogP contribution in [0.3, 0.4) is 0 Å². The van der Waals surface area contributed by atoms with Crippen molar-refractivity contribution >= 4 is 11.8 Å². The van der Waals surface area contributed by atoms with Gasteiger partial charge in [-0.3, -0.25) is 19.3 Å². The van der Waals surface area contributed by atoms with E-state index in [0.717, 1.165) is 43.7 Å². The molecule has 8 heteroatoms. The maximum atomic E-state index is 12.6. The summed E-state index contributed by atoms with van der Waals surface area (Å²) in [5.41, 5.74) is 2.42. The Morgan fingerprint density at radius 1 is 1.23 bits per heavy atom. The van der Waals surface area contributed by atoms with Crippen LogP contribution in [0.25, 0.3) is 0 Å². The van der Waals surface area contributed by atoms with Crippen LogP contribution >= 0.6 is 0 Å². The minimum atomic E-state index is -0.144. The highest BCUT2D eigenvalue weighted by atomic mass is 16.2. The molecule has 4 rings (SSSR count). The van der Waals surface area contributed by atoms with Gasteiger partial charge in [0.15, 0.2) is 0 Å². The topological polar surface area (TPSA) is 92.2 Å². The molecule has 0 saturated carbocycles. The van der Waals surface area contributed by atoms with Gasteiger partial charge in [-0.25, -0.2) is 0 Å². The number of hydrogen-bond donors (Lipinski definition) is 2. The van der Waals surface area contributed by atoms with Crippen LogP contribution in [-0.4, -0.2) is 57.2 Å². The number of nitrogens with zero attached hydrogens (tertiary/aromatic N) is 4. The lowest BCUT2D eigenvalue weighted by molar-refractivity contribution is -0.123. The molecule has 0 bridgehead atoms. The molecule has 0 unspecified atom stereocenters. The molecule has 2 N–H and O–H groups in total. The van der Waals surface area contributed by atoms with Crippen molar-refractivity contribution in [2.24, 2.45) is 5.92 Å². The zero-order chi connectivity index (χ0) is 20.9. The average Bonchev–Trinajstić information content (AvgIpc) is 3.33. The maximum Gasteiger partial charge on any atom is 0.255 e. The van der Waals surface area contributed by atoms with Gasteiger partial charge >= 0.3 is 0 Å². The molecule has 1 saturated heterocycles. The third kappa shape index (κ3) is 4.87.